The zero-order chi connectivity index (χ0) is 25.8. The molecule has 2 heteroatoms. The minimum absolute atomic E-state index is 0.0455. The Hall–Kier alpha value is -0.530. The highest BCUT2D eigenvalue weighted by Gasteiger charge is 2.17. The first-order valence-electron chi connectivity index (χ1n) is 16.3. The summed E-state index contributed by atoms with van der Waals surface area (Å²) in [5.74, 6) is 0.676. The van der Waals surface area contributed by atoms with E-state index < -0.39 is 0 Å². The van der Waals surface area contributed by atoms with Gasteiger partial charge in [0.1, 0.15) is 0 Å². The van der Waals surface area contributed by atoms with Crippen LogP contribution in [0.4, 0.5) is 0 Å². The summed E-state index contributed by atoms with van der Waals surface area (Å²) < 4.78 is 5.80. The molecule has 2 nitrogen and oxygen atoms in total. The molecule has 0 amide bonds. The van der Waals surface area contributed by atoms with Crippen LogP contribution in [-0.2, 0) is 9.53 Å². The van der Waals surface area contributed by atoms with Crippen LogP contribution in [-0.4, -0.2) is 12.6 Å². The molecule has 35 heavy (non-hydrogen) atoms. The van der Waals surface area contributed by atoms with Crippen LogP contribution in [0, 0.1) is 11.8 Å². The molecule has 0 fully saturated rings. The van der Waals surface area contributed by atoms with Gasteiger partial charge < -0.3 is 4.74 Å². The molecule has 0 saturated carbocycles. The normalized spacial score (nSPS) is 13.1. The second-order valence-corrected chi connectivity index (χ2v) is 11.5. The van der Waals surface area contributed by atoms with Gasteiger partial charge in [-0.05, 0) is 25.2 Å². The monoisotopic (exact) mass is 495 g/mol. The smallest absolute Gasteiger partial charge is 0.308 e. The van der Waals surface area contributed by atoms with Crippen molar-refractivity contribution in [3.05, 3.63) is 0 Å². The van der Waals surface area contributed by atoms with Gasteiger partial charge in [-0.25, -0.2) is 0 Å². The molecule has 0 spiro atoms. The number of carbonyl (C=O) groups excluding carboxylic acids is 1. The lowest BCUT2D eigenvalue weighted by Gasteiger charge is -2.18. The van der Waals surface area contributed by atoms with Crippen LogP contribution >= 0.6 is 0 Å². The first kappa shape index (κ1) is 34.5. The van der Waals surface area contributed by atoms with Crippen LogP contribution in [0.2, 0.25) is 0 Å². The van der Waals surface area contributed by atoms with Gasteiger partial charge in [-0.3, -0.25) is 4.79 Å². The predicted octanol–water partition coefficient (Wildman–Crippen LogP) is 11.6. The maximum absolute atomic E-state index is 12.5. The molecular weight excluding hydrogens is 428 g/mol. The number of unbranched alkanes of at least 4 members (excludes halogenated alkanes) is 19. The van der Waals surface area contributed by atoms with Crippen LogP contribution in [0.25, 0.3) is 0 Å². The summed E-state index contributed by atoms with van der Waals surface area (Å²) in [5.41, 5.74) is 0. The highest BCUT2D eigenvalue weighted by molar-refractivity contribution is 5.71. The first-order valence-corrected chi connectivity index (χ1v) is 16.3. The van der Waals surface area contributed by atoms with Crippen LogP contribution in [0.3, 0.4) is 0 Å². The van der Waals surface area contributed by atoms with Gasteiger partial charge in [0.25, 0.3) is 0 Å². The summed E-state index contributed by atoms with van der Waals surface area (Å²) >= 11 is 0. The molecule has 0 aliphatic carbocycles. The predicted molar refractivity (Wildman–Crippen MR) is 156 cm³/mol. The fraction of sp³-hybridized carbons (Fsp3) is 0.970. The van der Waals surface area contributed by atoms with Crippen molar-refractivity contribution in [2.75, 3.05) is 6.61 Å². The van der Waals surface area contributed by atoms with Crippen molar-refractivity contribution in [2.24, 2.45) is 11.8 Å². The average Bonchev–Trinajstić information content (AvgIpc) is 2.87. The van der Waals surface area contributed by atoms with Crippen LogP contribution in [0.1, 0.15) is 188 Å². The Morgan fingerprint density at radius 1 is 0.486 bits per heavy atom. The van der Waals surface area contributed by atoms with Crippen molar-refractivity contribution in [1.29, 1.82) is 0 Å². The molecule has 0 aromatic rings. The third kappa shape index (κ3) is 24.9. The Morgan fingerprint density at radius 3 is 1.26 bits per heavy atom. The first-order chi connectivity index (χ1) is 17.2. The molecule has 0 aromatic carbocycles. The summed E-state index contributed by atoms with van der Waals surface area (Å²) in [7, 11) is 0. The molecule has 2 atom stereocenters. The number of carbonyl (C=O) groups is 1. The molecule has 0 N–H and O–H groups in total. The molecule has 0 aromatic heterocycles. The van der Waals surface area contributed by atoms with Gasteiger partial charge in [0.2, 0.25) is 0 Å². The Morgan fingerprint density at radius 2 is 0.829 bits per heavy atom. The summed E-state index contributed by atoms with van der Waals surface area (Å²) in [6.07, 6.45) is 33.3. The lowest BCUT2D eigenvalue weighted by Crippen LogP contribution is -2.19. The van der Waals surface area contributed by atoms with Gasteiger partial charge in [0.15, 0.2) is 0 Å². The van der Waals surface area contributed by atoms with E-state index in [1.54, 1.807) is 0 Å². The average molecular weight is 495 g/mol. The molecule has 0 radical (unpaired) electrons. The van der Waals surface area contributed by atoms with E-state index in [2.05, 4.69) is 27.7 Å². The minimum Gasteiger partial charge on any atom is -0.465 e. The van der Waals surface area contributed by atoms with E-state index in [0.29, 0.717) is 12.5 Å². The van der Waals surface area contributed by atoms with Crippen LogP contribution in [0.15, 0.2) is 0 Å². The zero-order valence-electron chi connectivity index (χ0n) is 24.9. The lowest BCUT2D eigenvalue weighted by atomic mass is 9.95. The van der Waals surface area contributed by atoms with Gasteiger partial charge in [-0.15, -0.1) is 0 Å². The van der Waals surface area contributed by atoms with E-state index in [9.17, 15) is 4.79 Å². The summed E-state index contributed by atoms with van der Waals surface area (Å²) in [5, 5.41) is 0. The standard InChI is InChI=1S/C33H66O2/c1-5-8-11-13-15-17-18-19-20-22-24-26-29-32(28-10-7-3)30-35-33(34)31(4)27-25-23-21-16-14-12-9-6-2/h31-32H,5-30H2,1-4H3. The Kier molecular flexibility index (Phi) is 27.6. The van der Waals surface area contributed by atoms with Gasteiger partial charge in [-0.1, -0.05) is 169 Å². The molecule has 0 rings (SSSR count). The molecule has 0 saturated heterocycles. The van der Waals surface area contributed by atoms with Gasteiger partial charge in [0.05, 0.1) is 12.5 Å². The quantitative estimate of drug-likeness (QED) is 0.0798. The highest BCUT2D eigenvalue weighted by Crippen LogP contribution is 2.20. The number of rotatable bonds is 28. The van der Waals surface area contributed by atoms with Crippen LogP contribution in [0.5, 0.6) is 0 Å². The molecule has 0 aliphatic rings. The van der Waals surface area contributed by atoms with Crippen molar-refractivity contribution in [3.8, 4) is 0 Å². The third-order valence-corrected chi connectivity index (χ3v) is 7.79. The van der Waals surface area contributed by atoms with Gasteiger partial charge in [0, 0.05) is 0 Å². The van der Waals surface area contributed by atoms with Crippen molar-refractivity contribution in [2.45, 2.75) is 188 Å². The topological polar surface area (TPSA) is 26.3 Å². The van der Waals surface area contributed by atoms with Crippen molar-refractivity contribution >= 4 is 5.97 Å². The Labute approximate surface area is 222 Å². The number of hydrogen-bond donors (Lipinski definition) is 0. The molecule has 0 aliphatic heterocycles. The number of ether oxygens (including phenoxy) is 1. The van der Waals surface area contributed by atoms with Crippen molar-refractivity contribution in [1.82, 2.24) is 0 Å². The minimum atomic E-state index is 0.0455. The molecule has 0 heterocycles. The summed E-state index contributed by atoms with van der Waals surface area (Å²) in [6.45, 7) is 9.54. The van der Waals surface area contributed by atoms with Crippen LogP contribution < -0.4 is 0 Å². The van der Waals surface area contributed by atoms with E-state index >= 15 is 0 Å². The molecular formula is C33H66O2. The molecule has 0 bridgehead atoms. The van der Waals surface area contributed by atoms with Crippen molar-refractivity contribution < 1.29 is 9.53 Å². The molecule has 210 valence electrons. The van der Waals surface area contributed by atoms with Crippen molar-refractivity contribution in [3.63, 3.8) is 0 Å². The maximum Gasteiger partial charge on any atom is 0.308 e. The lowest BCUT2D eigenvalue weighted by molar-refractivity contribution is -0.149. The second kappa shape index (κ2) is 28.0. The Balaban J connectivity index is 3.80. The van der Waals surface area contributed by atoms with Gasteiger partial charge in [-0.2, -0.15) is 0 Å². The zero-order valence-corrected chi connectivity index (χ0v) is 24.9. The Bertz CT molecular complexity index is 419. The fourth-order valence-corrected chi connectivity index (χ4v) is 5.12. The second-order valence-electron chi connectivity index (χ2n) is 11.5. The van der Waals surface area contributed by atoms with Gasteiger partial charge >= 0.3 is 5.97 Å². The highest BCUT2D eigenvalue weighted by atomic mass is 16.5. The summed E-state index contributed by atoms with van der Waals surface area (Å²) in [6, 6.07) is 0. The SMILES string of the molecule is CCCCCCCCCCCCCCC(CCCC)COC(=O)C(C)CCCCCCCCCC. The van der Waals surface area contributed by atoms with E-state index in [-0.39, 0.29) is 11.9 Å². The fourth-order valence-electron chi connectivity index (χ4n) is 5.12. The number of hydrogen-bond acceptors (Lipinski definition) is 2. The van der Waals surface area contributed by atoms with E-state index in [4.69, 9.17) is 4.74 Å². The van der Waals surface area contributed by atoms with E-state index in [1.165, 1.54) is 154 Å². The third-order valence-electron chi connectivity index (χ3n) is 7.79. The largest absolute Gasteiger partial charge is 0.465 e. The van der Waals surface area contributed by atoms with E-state index in [0.717, 1.165) is 6.42 Å². The van der Waals surface area contributed by atoms with E-state index in [1.807, 2.05) is 0 Å². The number of esters is 1. The maximum atomic E-state index is 12.5. The summed E-state index contributed by atoms with van der Waals surface area (Å²) in [4.78, 5) is 12.5. The molecule has 2 unspecified atom stereocenters.